The second kappa shape index (κ2) is 5.67. The molecule has 0 aliphatic rings. The number of nitrogens with one attached hydrogen (secondary N) is 2. The zero-order valence-electron chi connectivity index (χ0n) is 9.58. The van der Waals surface area contributed by atoms with Crippen molar-refractivity contribution < 1.29 is 0 Å². The maximum atomic E-state index is 11.4. The van der Waals surface area contributed by atoms with Crippen LogP contribution in [0.15, 0.2) is 44.2 Å². The summed E-state index contributed by atoms with van der Waals surface area (Å²) in [5.74, 6) is 0. The van der Waals surface area contributed by atoms with Crippen LogP contribution in [0.25, 0.3) is 0 Å². The van der Waals surface area contributed by atoms with Gasteiger partial charge in [-0.05, 0) is 40.5 Å². The summed E-state index contributed by atoms with van der Waals surface area (Å²) >= 11 is 6.68. The van der Waals surface area contributed by atoms with Gasteiger partial charge in [-0.15, -0.1) is 0 Å². The van der Waals surface area contributed by atoms with Crippen molar-refractivity contribution >= 4 is 37.5 Å². The SMILES string of the molecule is CC(Nc1cn[nH]c(=O)c1Br)c1cccc(Br)c1. The predicted molar refractivity (Wildman–Crippen MR) is 78.7 cm³/mol. The van der Waals surface area contributed by atoms with Crippen LogP contribution in [0.5, 0.6) is 0 Å². The molecule has 94 valence electrons. The highest BCUT2D eigenvalue weighted by Gasteiger charge is 2.09. The van der Waals surface area contributed by atoms with Crippen LogP contribution in [0.4, 0.5) is 5.69 Å². The summed E-state index contributed by atoms with van der Waals surface area (Å²) in [5, 5.41) is 9.38. The predicted octanol–water partition coefficient (Wildman–Crippen LogP) is 3.47. The average Bonchev–Trinajstić information content (AvgIpc) is 2.35. The van der Waals surface area contributed by atoms with Gasteiger partial charge in [0.05, 0.1) is 11.9 Å². The van der Waals surface area contributed by atoms with E-state index in [2.05, 4.69) is 47.4 Å². The number of aromatic nitrogens is 2. The molecule has 0 fully saturated rings. The fourth-order valence-electron chi connectivity index (χ4n) is 1.58. The molecule has 0 saturated heterocycles. The Labute approximate surface area is 121 Å². The van der Waals surface area contributed by atoms with E-state index in [-0.39, 0.29) is 11.6 Å². The molecule has 1 aromatic heterocycles. The molecule has 0 aliphatic heterocycles. The molecule has 2 N–H and O–H groups in total. The van der Waals surface area contributed by atoms with Crippen LogP contribution in [-0.4, -0.2) is 10.2 Å². The maximum absolute atomic E-state index is 11.4. The number of nitrogens with zero attached hydrogens (tertiary/aromatic N) is 1. The van der Waals surface area contributed by atoms with E-state index in [0.29, 0.717) is 10.2 Å². The molecule has 2 aromatic rings. The van der Waals surface area contributed by atoms with Crippen LogP contribution in [0.2, 0.25) is 0 Å². The number of hydrogen-bond donors (Lipinski definition) is 2. The minimum Gasteiger partial charge on any atom is -0.376 e. The normalized spacial score (nSPS) is 12.2. The maximum Gasteiger partial charge on any atom is 0.280 e. The number of halogens is 2. The highest BCUT2D eigenvalue weighted by Crippen LogP contribution is 2.24. The molecule has 2 rings (SSSR count). The zero-order valence-corrected chi connectivity index (χ0v) is 12.7. The molecule has 0 aliphatic carbocycles. The van der Waals surface area contributed by atoms with E-state index in [9.17, 15) is 4.79 Å². The van der Waals surface area contributed by atoms with Crippen LogP contribution in [0.3, 0.4) is 0 Å². The second-order valence-corrected chi connectivity index (χ2v) is 5.56. The molecule has 0 radical (unpaired) electrons. The number of hydrogen-bond acceptors (Lipinski definition) is 3. The Morgan fingerprint density at radius 2 is 2.17 bits per heavy atom. The van der Waals surface area contributed by atoms with Gasteiger partial charge in [-0.3, -0.25) is 4.79 Å². The quantitative estimate of drug-likeness (QED) is 0.867. The topological polar surface area (TPSA) is 57.8 Å². The molecule has 0 saturated carbocycles. The molecular weight excluding hydrogens is 362 g/mol. The largest absolute Gasteiger partial charge is 0.376 e. The first kappa shape index (κ1) is 13.3. The molecule has 0 bridgehead atoms. The van der Waals surface area contributed by atoms with Crippen molar-refractivity contribution in [3.05, 3.63) is 55.3 Å². The first-order chi connectivity index (χ1) is 8.58. The lowest BCUT2D eigenvalue weighted by Crippen LogP contribution is -2.14. The van der Waals surface area contributed by atoms with Gasteiger partial charge in [0.15, 0.2) is 0 Å². The van der Waals surface area contributed by atoms with Gasteiger partial charge in [0.1, 0.15) is 4.47 Å². The second-order valence-electron chi connectivity index (χ2n) is 3.85. The lowest BCUT2D eigenvalue weighted by molar-refractivity contribution is 0.870. The smallest absolute Gasteiger partial charge is 0.280 e. The molecule has 1 aromatic carbocycles. The monoisotopic (exact) mass is 371 g/mol. The summed E-state index contributed by atoms with van der Waals surface area (Å²) < 4.78 is 1.48. The molecule has 1 heterocycles. The number of anilines is 1. The summed E-state index contributed by atoms with van der Waals surface area (Å²) in [7, 11) is 0. The first-order valence-electron chi connectivity index (χ1n) is 5.33. The van der Waals surface area contributed by atoms with E-state index < -0.39 is 0 Å². The van der Waals surface area contributed by atoms with Crippen molar-refractivity contribution in [1.82, 2.24) is 10.2 Å². The van der Waals surface area contributed by atoms with Gasteiger partial charge in [-0.25, -0.2) is 5.10 Å². The van der Waals surface area contributed by atoms with Gasteiger partial charge in [0.2, 0.25) is 0 Å². The Morgan fingerprint density at radius 3 is 2.89 bits per heavy atom. The number of benzene rings is 1. The Hall–Kier alpha value is -1.14. The van der Waals surface area contributed by atoms with Crippen molar-refractivity contribution in [2.24, 2.45) is 0 Å². The average molecular weight is 373 g/mol. The molecule has 1 unspecified atom stereocenters. The number of aromatic amines is 1. The van der Waals surface area contributed by atoms with Crippen molar-refractivity contribution in [2.75, 3.05) is 5.32 Å². The van der Waals surface area contributed by atoms with E-state index in [4.69, 9.17) is 0 Å². The Kier molecular flexibility index (Phi) is 4.19. The third kappa shape index (κ3) is 3.00. The minimum absolute atomic E-state index is 0.0717. The van der Waals surface area contributed by atoms with Gasteiger partial charge in [0.25, 0.3) is 5.56 Å². The zero-order chi connectivity index (χ0) is 13.1. The summed E-state index contributed by atoms with van der Waals surface area (Å²) in [5.41, 5.74) is 1.55. The molecule has 4 nitrogen and oxygen atoms in total. The van der Waals surface area contributed by atoms with Crippen molar-refractivity contribution in [2.45, 2.75) is 13.0 Å². The molecule has 1 atom stereocenters. The van der Waals surface area contributed by atoms with Gasteiger partial charge < -0.3 is 5.32 Å². The van der Waals surface area contributed by atoms with E-state index in [1.807, 2.05) is 31.2 Å². The minimum atomic E-state index is -0.249. The fourth-order valence-corrected chi connectivity index (χ4v) is 2.30. The highest BCUT2D eigenvalue weighted by atomic mass is 79.9. The molecular formula is C12H11Br2N3O. The summed E-state index contributed by atoms with van der Waals surface area (Å²) in [6, 6.07) is 8.08. The van der Waals surface area contributed by atoms with Crippen LogP contribution in [-0.2, 0) is 0 Å². The van der Waals surface area contributed by atoms with E-state index in [1.165, 1.54) is 0 Å². The molecule has 6 heteroatoms. The van der Waals surface area contributed by atoms with Crippen LogP contribution >= 0.6 is 31.9 Å². The third-order valence-corrected chi connectivity index (χ3v) is 3.80. The standard InChI is InChI=1S/C12H11Br2N3O/c1-7(8-3-2-4-9(13)5-8)16-10-6-15-17-12(18)11(10)14/h2-7H,1H3,(H2,16,17,18). The lowest BCUT2D eigenvalue weighted by Gasteiger charge is -2.16. The summed E-state index contributed by atoms with van der Waals surface area (Å²) in [4.78, 5) is 11.4. The Balaban J connectivity index is 2.24. The van der Waals surface area contributed by atoms with Gasteiger partial charge >= 0.3 is 0 Å². The lowest BCUT2D eigenvalue weighted by atomic mass is 10.1. The van der Waals surface area contributed by atoms with Gasteiger partial charge in [0, 0.05) is 10.5 Å². The van der Waals surface area contributed by atoms with Crippen LogP contribution in [0, 0.1) is 0 Å². The van der Waals surface area contributed by atoms with Crippen molar-refractivity contribution in [3.63, 3.8) is 0 Å². The summed E-state index contributed by atoms with van der Waals surface area (Å²) in [6.45, 7) is 2.02. The van der Waals surface area contributed by atoms with E-state index in [1.54, 1.807) is 6.20 Å². The highest BCUT2D eigenvalue weighted by molar-refractivity contribution is 9.10. The van der Waals surface area contributed by atoms with Gasteiger partial charge in [-0.2, -0.15) is 5.10 Å². The molecule has 0 spiro atoms. The fraction of sp³-hybridized carbons (Fsp3) is 0.167. The number of rotatable bonds is 3. The molecule has 18 heavy (non-hydrogen) atoms. The van der Waals surface area contributed by atoms with Gasteiger partial charge in [-0.1, -0.05) is 28.1 Å². The van der Waals surface area contributed by atoms with E-state index >= 15 is 0 Å². The van der Waals surface area contributed by atoms with Crippen molar-refractivity contribution in [3.8, 4) is 0 Å². The number of H-pyrrole nitrogens is 1. The molecule has 0 amide bonds. The van der Waals surface area contributed by atoms with Crippen LogP contribution < -0.4 is 10.9 Å². The first-order valence-corrected chi connectivity index (χ1v) is 6.91. The summed E-state index contributed by atoms with van der Waals surface area (Å²) in [6.07, 6.45) is 1.58. The van der Waals surface area contributed by atoms with Crippen molar-refractivity contribution in [1.29, 1.82) is 0 Å². The van der Waals surface area contributed by atoms with E-state index in [0.717, 1.165) is 10.0 Å². The Morgan fingerprint density at radius 1 is 1.39 bits per heavy atom. The third-order valence-electron chi connectivity index (χ3n) is 2.52. The Bertz CT molecular complexity index is 612. The van der Waals surface area contributed by atoms with Crippen LogP contribution in [0.1, 0.15) is 18.5 Å².